The van der Waals surface area contributed by atoms with Crippen molar-refractivity contribution < 1.29 is 44.2 Å². The van der Waals surface area contributed by atoms with Crippen molar-refractivity contribution in [3.8, 4) is 5.75 Å². The van der Waals surface area contributed by atoms with Crippen LogP contribution in [0.5, 0.6) is 5.75 Å². The molecule has 1 fully saturated rings. The molecule has 0 saturated carbocycles. The van der Waals surface area contributed by atoms with Crippen LogP contribution in [0.3, 0.4) is 0 Å². The van der Waals surface area contributed by atoms with E-state index in [0.717, 1.165) is 22.6 Å². The molecular weight excluding hydrogens is 560 g/mol. The molecule has 13 heteroatoms. The van der Waals surface area contributed by atoms with Crippen LogP contribution < -0.4 is 15.2 Å². The summed E-state index contributed by atoms with van der Waals surface area (Å²) in [5.41, 5.74) is 0.247. The van der Waals surface area contributed by atoms with Gasteiger partial charge >= 0.3 is 6.16 Å². The summed E-state index contributed by atoms with van der Waals surface area (Å²) in [5, 5.41) is 1.73. The van der Waals surface area contributed by atoms with E-state index < -0.39 is 67.3 Å². The molecule has 1 saturated heterocycles. The predicted octanol–water partition coefficient (Wildman–Crippen LogP) is 3.78. The largest absolute Gasteiger partial charge is 0.511 e. The normalized spacial score (nSPS) is 21.8. The average Bonchev–Trinajstić information content (AvgIpc) is 3.17. The minimum atomic E-state index is -3.37. The van der Waals surface area contributed by atoms with Crippen LogP contribution in [0, 0.1) is 11.6 Å². The fourth-order valence-electron chi connectivity index (χ4n) is 5.32. The maximum atomic E-state index is 15.3. The van der Waals surface area contributed by atoms with E-state index in [9.17, 15) is 18.8 Å². The molecule has 0 aliphatic carbocycles. The van der Waals surface area contributed by atoms with E-state index in [4.69, 9.17) is 16.3 Å². The van der Waals surface area contributed by atoms with Crippen LogP contribution in [-0.4, -0.2) is 60.9 Å². The number of aromatic nitrogens is 1. The van der Waals surface area contributed by atoms with Gasteiger partial charge in [0.25, 0.3) is 5.91 Å². The van der Waals surface area contributed by atoms with Crippen LogP contribution >= 0.6 is 11.8 Å². The Kier molecular flexibility index (Phi) is 5.83. The number of thioether (sulfide) groups is 1. The summed E-state index contributed by atoms with van der Waals surface area (Å²) in [6.07, 6.45) is -1.15. The third kappa shape index (κ3) is 4.68. The molecule has 3 aromatic rings. The molecule has 6 rings (SSSR count). The highest BCUT2D eigenvalue weighted by Gasteiger charge is 2.46. The second-order valence-corrected chi connectivity index (χ2v) is 10.2. The molecule has 2 aromatic carbocycles. The first-order valence-electron chi connectivity index (χ1n) is 14.9. The molecule has 0 spiro atoms. The average molecular weight is 591 g/mol. The summed E-state index contributed by atoms with van der Waals surface area (Å²) in [7, 11) is 0. The molecule has 10 nitrogen and oxygen atoms in total. The first kappa shape index (κ1) is 21.6. The smallest absolute Gasteiger partial charge is 0.451 e. The van der Waals surface area contributed by atoms with Gasteiger partial charge in [0.05, 0.1) is 28.6 Å². The molecule has 3 aliphatic rings. The Morgan fingerprint density at radius 1 is 1.17 bits per heavy atom. The van der Waals surface area contributed by atoms with E-state index in [1.807, 2.05) is 18.2 Å². The van der Waals surface area contributed by atoms with Gasteiger partial charge in [-0.2, -0.15) is 0 Å². The highest BCUT2D eigenvalue weighted by Crippen LogP contribution is 2.45. The van der Waals surface area contributed by atoms with Gasteiger partial charge in [-0.15, -0.1) is 11.8 Å². The van der Waals surface area contributed by atoms with Gasteiger partial charge in [0.15, 0.2) is 17.3 Å². The SMILES string of the molecule is [2H]C([2H])([2H])C([2H])([2H])OC(=O)OCOc1c2n(ccc1=O)N([C@@H]1c3ccccc3SCc3c1ccc(F)c3F)[C@@H]1COCCN1C2=O. The molecule has 1 amide bonds. The lowest BCUT2D eigenvalue weighted by Crippen LogP contribution is -2.66. The topological polar surface area (TPSA) is 99.5 Å². The zero-order valence-electron chi connectivity index (χ0n) is 26.2. The van der Waals surface area contributed by atoms with Gasteiger partial charge in [-0.05, 0) is 30.1 Å². The van der Waals surface area contributed by atoms with Crippen molar-refractivity contribution in [1.29, 1.82) is 0 Å². The molecule has 0 unspecified atom stereocenters. The van der Waals surface area contributed by atoms with Gasteiger partial charge in [-0.1, -0.05) is 24.3 Å². The third-order valence-corrected chi connectivity index (χ3v) is 8.16. The Balaban J connectivity index is 1.44. The quantitative estimate of drug-likeness (QED) is 0.325. The lowest BCUT2D eigenvalue weighted by molar-refractivity contribution is -0.0211. The number of hydrogen-bond acceptors (Lipinski definition) is 9. The number of carbonyl (C=O) groups is 2. The van der Waals surface area contributed by atoms with Crippen molar-refractivity contribution in [2.45, 2.75) is 29.7 Å². The molecule has 3 aliphatic heterocycles. The number of halogens is 2. The van der Waals surface area contributed by atoms with E-state index in [1.54, 1.807) is 11.1 Å². The van der Waals surface area contributed by atoms with Crippen LogP contribution in [-0.2, 0) is 20.0 Å². The zero-order chi connectivity index (χ0) is 33.0. The lowest BCUT2D eigenvalue weighted by Gasteiger charge is -2.51. The van der Waals surface area contributed by atoms with Crippen LogP contribution in [0.4, 0.5) is 13.6 Å². The summed E-state index contributed by atoms with van der Waals surface area (Å²) in [4.78, 5) is 41.3. The number of pyridine rings is 1. The first-order chi connectivity index (χ1) is 21.8. The number of benzene rings is 2. The summed E-state index contributed by atoms with van der Waals surface area (Å²) < 4.78 is 87.7. The predicted molar refractivity (Wildman–Crippen MR) is 142 cm³/mol. The number of nitrogens with zero attached hydrogens (tertiary/aromatic N) is 3. The fraction of sp³-hybridized carbons (Fsp3) is 0.321. The van der Waals surface area contributed by atoms with Gasteiger partial charge in [0.2, 0.25) is 18.0 Å². The molecule has 214 valence electrons. The molecule has 0 N–H and O–H groups in total. The second kappa shape index (κ2) is 11.1. The lowest BCUT2D eigenvalue weighted by atomic mass is 9.93. The first-order valence-corrected chi connectivity index (χ1v) is 13.4. The standard InChI is InChI=1S/C28H25F2N3O7S/c1-2-38-28(36)40-15-39-26-20(34)9-10-32-25(26)27(35)31-11-12-37-13-22(31)33(32)24-16-7-8-19(29)23(30)18(16)14-41-21-6-4-3-5-17(21)24/h3-10,22,24H,2,11-15H2,1H3/t22-,24+/m1/s1/i1D3,2D2. The highest BCUT2D eigenvalue weighted by atomic mass is 32.2. The monoisotopic (exact) mass is 590 g/mol. The Bertz CT molecular complexity index is 1780. The van der Waals surface area contributed by atoms with Crippen molar-refractivity contribution in [2.75, 3.05) is 38.1 Å². The van der Waals surface area contributed by atoms with Crippen molar-refractivity contribution in [3.05, 3.63) is 92.9 Å². The van der Waals surface area contributed by atoms with Crippen molar-refractivity contribution in [2.24, 2.45) is 0 Å². The van der Waals surface area contributed by atoms with Gasteiger partial charge in [-0.3, -0.25) is 19.3 Å². The number of morpholine rings is 1. The number of rotatable bonds is 5. The number of hydrogen-bond donors (Lipinski definition) is 0. The summed E-state index contributed by atoms with van der Waals surface area (Å²) in [6, 6.07) is 10.1. The minimum absolute atomic E-state index is 0.0404. The number of ether oxygens (including phenoxy) is 4. The van der Waals surface area contributed by atoms with Gasteiger partial charge in [-0.25, -0.2) is 13.6 Å². The van der Waals surface area contributed by atoms with Crippen LogP contribution in [0.2, 0.25) is 0 Å². The van der Waals surface area contributed by atoms with Crippen LogP contribution in [0.25, 0.3) is 0 Å². The highest BCUT2D eigenvalue weighted by molar-refractivity contribution is 7.98. The Morgan fingerprint density at radius 3 is 2.88 bits per heavy atom. The minimum Gasteiger partial charge on any atom is -0.451 e. The van der Waals surface area contributed by atoms with Gasteiger partial charge < -0.3 is 23.8 Å². The maximum absolute atomic E-state index is 15.3. The van der Waals surface area contributed by atoms with E-state index in [1.165, 1.54) is 33.6 Å². The van der Waals surface area contributed by atoms with E-state index in [0.29, 0.717) is 5.56 Å². The zero-order valence-corrected chi connectivity index (χ0v) is 22.0. The third-order valence-electron chi connectivity index (χ3n) is 7.05. The number of amides is 1. The van der Waals surface area contributed by atoms with E-state index >= 15 is 4.39 Å². The van der Waals surface area contributed by atoms with Gasteiger partial charge in [0, 0.05) is 39.1 Å². The van der Waals surface area contributed by atoms with E-state index in [2.05, 4.69) is 9.47 Å². The molecule has 1 aromatic heterocycles. The van der Waals surface area contributed by atoms with E-state index in [-0.39, 0.29) is 36.8 Å². The fourth-order valence-corrected chi connectivity index (χ4v) is 6.43. The molecule has 2 atom stereocenters. The molecule has 0 bridgehead atoms. The number of carbonyl (C=O) groups excluding carboxylic acids is 2. The molecule has 41 heavy (non-hydrogen) atoms. The Hall–Kier alpha value is -4.10. The molecular formula is C28H25F2N3O7S. The number of fused-ring (bicyclic) bond motifs is 4. The second-order valence-electron chi connectivity index (χ2n) is 9.16. The van der Waals surface area contributed by atoms with Crippen LogP contribution in [0.15, 0.2) is 58.4 Å². The van der Waals surface area contributed by atoms with Crippen molar-refractivity contribution in [3.63, 3.8) is 0 Å². The molecule has 0 radical (unpaired) electrons. The van der Waals surface area contributed by atoms with Gasteiger partial charge in [0.1, 0.15) is 6.17 Å². The maximum Gasteiger partial charge on any atom is 0.511 e. The Morgan fingerprint density at radius 2 is 2.02 bits per heavy atom. The van der Waals surface area contributed by atoms with Crippen LogP contribution in [0.1, 0.15) is 46.9 Å². The summed E-state index contributed by atoms with van der Waals surface area (Å²) in [6.45, 7) is -7.39. The van der Waals surface area contributed by atoms with Crippen molar-refractivity contribution >= 4 is 23.8 Å². The summed E-state index contributed by atoms with van der Waals surface area (Å²) in [5.74, 6) is -3.03. The van der Waals surface area contributed by atoms with Crippen molar-refractivity contribution in [1.82, 2.24) is 9.58 Å². The Labute approximate surface area is 244 Å². The molecule has 4 heterocycles. The summed E-state index contributed by atoms with van der Waals surface area (Å²) >= 11 is 1.33.